The van der Waals surface area contributed by atoms with Crippen LogP contribution in [0, 0.1) is 11.3 Å². The molecule has 0 spiro atoms. The summed E-state index contributed by atoms with van der Waals surface area (Å²) in [5.74, 6) is 0.858. The fraction of sp³-hybridized carbons (Fsp3) is 1.00. The SMILES string of the molecule is CCCNC1CCN(CC2(CC(C)C)CCCC2)CC1. The Balaban J connectivity index is 1.78. The van der Waals surface area contributed by atoms with Gasteiger partial charge in [0.25, 0.3) is 0 Å². The number of piperidine rings is 1. The van der Waals surface area contributed by atoms with Crippen LogP contribution in [-0.2, 0) is 0 Å². The quantitative estimate of drug-likeness (QED) is 0.756. The van der Waals surface area contributed by atoms with Crippen LogP contribution < -0.4 is 5.32 Å². The minimum absolute atomic E-state index is 0.665. The van der Waals surface area contributed by atoms with Gasteiger partial charge in [0.2, 0.25) is 0 Å². The Labute approximate surface area is 126 Å². The molecule has 1 aliphatic carbocycles. The lowest BCUT2D eigenvalue weighted by Crippen LogP contribution is -2.46. The van der Waals surface area contributed by atoms with Crippen molar-refractivity contribution in [2.75, 3.05) is 26.2 Å². The molecule has 118 valence electrons. The molecule has 1 saturated carbocycles. The first-order valence-corrected chi connectivity index (χ1v) is 9.09. The van der Waals surface area contributed by atoms with E-state index in [4.69, 9.17) is 0 Å². The van der Waals surface area contributed by atoms with Crippen molar-refractivity contribution in [1.29, 1.82) is 0 Å². The third-order valence-corrected chi connectivity index (χ3v) is 5.34. The lowest BCUT2D eigenvalue weighted by molar-refractivity contribution is 0.102. The molecule has 0 atom stereocenters. The average molecular weight is 280 g/mol. The van der Waals surface area contributed by atoms with Crippen LogP contribution in [0.4, 0.5) is 0 Å². The molecule has 0 aromatic rings. The topological polar surface area (TPSA) is 15.3 Å². The van der Waals surface area contributed by atoms with Gasteiger partial charge in [-0.05, 0) is 69.5 Å². The lowest BCUT2D eigenvalue weighted by Gasteiger charge is -2.40. The van der Waals surface area contributed by atoms with Gasteiger partial charge in [-0.25, -0.2) is 0 Å². The van der Waals surface area contributed by atoms with Crippen LogP contribution in [0.1, 0.15) is 72.1 Å². The number of nitrogens with one attached hydrogen (secondary N) is 1. The van der Waals surface area contributed by atoms with Crippen molar-refractivity contribution >= 4 is 0 Å². The predicted octanol–water partition coefficient (Wildman–Crippen LogP) is 4.06. The van der Waals surface area contributed by atoms with E-state index in [9.17, 15) is 0 Å². The van der Waals surface area contributed by atoms with Crippen LogP contribution in [-0.4, -0.2) is 37.1 Å². The van der Waals surface area contributed by atoms with Gasteiger partial charge >= 0.3 is 0 Å². The fourth-order valence-electron chi connectivity index (χ4n) is 4.54. The fourth-order valence-corrected chi connectivity index (χ4v) is 4.54. The lowest BCUT2D eigenvalue weighted by atomic mass is 9.77. The van der Waals surface area contributed by atoms with Gasteiger partial charge in [-0.3, -0.25) is 0 Å². The molecule has 2 heteroatoms. The van der Waals surface area contributed by atoms with Gasteiger partial charge in [-0.15, -0.1) is 0 Å². The average Bonchev–Trinajstić information content (AvgIpc) is 2.85. The van der Waals surface area contributed by atoms with Gasteiger partial charge in [0.05, 0.1) is 0 Å². The Morgan fingerprint density at radius 3 is 2.35 bits per heavy atom. The van der Waals surface area contributed by atoms with E-state index in [0.717, 1.165) is 12.0 Å². The zero-order chi connectivity index (χ0) is 14.4. The molecular formula is C18H36N2. The first-order valence-electron chi connectivity index (χ1n) is 9.09. The summed E-state index contributed by atoms with van der Waals surface area (Å²) in [4.78, 5) is 2.78. The molecule has 0 bridgehead atoms. The Bertz CT molecular complexity index is 261. The second-order valence-corrected chi connectivity index (χ2v) is 7.81. The number of likely N-dealkylation sites (tertiary alicyclic amines) is 1. The van der Waals surface area contributed by atoms with Crippen LogP contribution in [0.2, 0.25) is 0 Å². The summed E-state index contributed by atoms with van der Waals surface area (Å²) < 4.78 is 0. The van der Waals surface area contributed by atoms with Gasteiger partial charge in [0, 0.05) is 12.6 Å². The Morgan fingerprint density at radius 1 is 1.15 bits per heavy atom. The summed E-state index contributed by atoms with van der Waals surface area (Å²) in [6.07, 6.45) is 11.3. The highest BCUT2D eigenvalue weighted by molar-refractivity contribution is 4.90. The maximum atomic E-state index is 3.70. The van der Waals surface area contributed by atoms with Crippen LogP contribution in [0.3, 0.4) is 0 Å². The molecule has 20 heavy (non-hydrogen) atoms. The minimum atomic E-state index is 0.665. The largest absolute Gasteiger partial charge is 0.314 e. The second-order valence-electron chi connectivity index (χ2n) is 7.81. The van der Waals surface area contributed by atoms with Crippen molar-refractivity contribution in [2.45, 2.75) is 78.2 Å². The molecule has 2 nitrogen and oxygen atoms in total. The van der Waals surface area contributed by atoms with E-state index in [0.29, 0.717) is 5.41 Å². The summed E-state index contributed by atoms with van der Waals surface area (Å²) in [6.45, 7) is 12.3. The number of nitrogens with zero attached hydrogens (tertiary/aromatic N) is 1. The molecule has 1 heterocycles. The van der Waals surface area contributed by atoms with E-state index in [1.54, 1.807) is 0 Å². The van der Waals surface area contributed by atoms with Crippen molar-refractivity contribution in [1.82, 2.24) is 10.2 Å². The Kier molecular flexibility index (Phi) is 6.35. The van der Waals surface area contributed by atoms with Gasteiger partial charge < -0.3 is 10.2 Å². The maximum absolute atomic E-state index is 3.70. The van der Waals surface area contributed by atoms with Crippen molar-refractivity contribution in [3.8, 4) is 0 Å². The van der Waals surface area contributed by atoms with Gasteiger partial charge in [-0.2, -0.15) is 0 Å². The summed E-state index contributed by atoms with van der Waals surface area (Å²) in [7, 11) is 0. The molecule has 1 N–H and O–H groups in total. The summed E-state index contributed by atoms with van der Waals surface area (Å²) in [6, 6.07) is 0.788. The van der Waals surface area contributed by atoms with E-state index in [-0.39, 0.29) is 0 Å². The third-order valence-electron chi connectivity index (χ3n) is 5.34. The Morgan fingerprint density at radius 2 is 1.80 bits per heavy atom. The van der Waals surface area contributed by atoms with Crippen LogP contribution in [0.5, 0.6) is 0 Å². The van der Waals surface area contributed by atoms with E-state index in [2.05, 4.69) is 31.0 Å². The maximum Gasteiger partial charge on any atom is 0.00914 e. The highest BCUT2D eigenvalue weighted by Gasteiger charge is 2.36. The molecule has 0 amide bonds. The number of rotatable bonds is 7. The van der Waals surface area contributed by atoms with E-state index in [1.807, 2.05) is 0 Å². The van der Waals surface area contributed by atoms with Gasteiger partial charge in [-0.1, -0.05) is 33.6 Å². The molecule has 0 aromatic heterocycles. The molecule has 0 aromatic carbocycles. The standard InChI is InChI=1S/C18H36N2/c1-4-11-19-17-7-12-20(13-8-17)15-18(14-16(2)3)9-5-6-10-18/h16-17,19H,4-15H2,1-3H3. The van der Waals surface area contributed by atoms with E-state index >= 15 is 0 Å². The molecule has 2 rings (SSSR count). The number of hydrogen-bond donors (Lipinski definition) is 1. The molecule has 2 fully saturated rings. The predicted molar refractivity (Wildman–Crippen MR) is 88.1 cm³/mol. The monoisotopic (exact) mass is 280 g/mol. The minimum Gasteiger partial charge on any atom is -0.314 e. The summed E-state index contributed by atoms with van der Waals surface area (Å²) >= 11 is 0. The van der Waals surface area contributed by atoms with E-state index in [1.165, 1.54) is 77.5 Å². The molecule has 0 radical (unpaired) electrons. The first-order chi connectivity index (χ1) is 9.63. The molecule has 2 aliphatic rings. The summed E-state index contributed by atoms with van der Waals surface area (Å²) in [5, 5.41) is 3.70. The highest BCUT2D eigenvalue weighted by atomic mass is 15.1. The second kappa shape index (κ2) is 7.79. The van der Waals surface area contributed by atoms with Gasteiger partial charge in [0.15, 0.2) is 0 Å². The van der Waals surface area contributed by atoms with Crippen LogP contribution in [0.15, 0.2) is 0 Å². The van der Waals surface area contributed by atoms with Crippen LogP contribution >= 0.6 is 0 Å². The normalized spacial score (nSPS) is 24.6. The van der Waals surface area contributed by atoms with Crippen molar-refractivity contribution in [3.05, 3.63) is 0 Å². The third kappa shape index (κ3) is 4.73. The van der Waals surface area contributed by atoms with Crippen molar-refractivity contribution in [3.63, 3.8) is 0 Å². The zero-order valence-corrected chi connectivity index (χ0v) is 14.1. The molecule has 1 saturated heterocycles. The van der Waals surface area contributed by atoms with Gasteiger partial charge in [0.1, 0.15) is 0 Å². The molecular weight excluding hydrogens is 244 g/mol. The highest BCUT2D eigenvalue weighted by Crippen LogP contribution is 2.44. The van der Waals surface area contributed by atoms with E-state index < -0.39 is 0 Å². The van der Waals surface area contributed by atoms with Crippen molar-refractivity contribution in [2.24, 2.45) is 11.3 Å². The van der Waals surface area contributed by atoms with Crippen molar-refractivity contribution < 1.29 is 0 Å². The zero-order valence-electron chi connectivity index (χ0n) is 14.1. The first kappa shape index (κ1) is 16.3. The Hall–Kier alpha value is -0.0800. The number of hydrogen-bond acceptors (Lipinski definition) is 2. The summed E-state index contributed by atoms with van der Waals surface area (Å²) in [5.41, 5.74) is 0.665. The molecule has 1 aliphatic heterocycles. The molecule has 0 unspecified atom stereocenters. The van der Waals surface area contributed by atoms with Crippen LogP contribution in [0.25, 0.3) is 0 Å². The smallest absolute Gasteiger partial charge is 0.00914 e.